The molecule has 0 aromatic carbocycles. The Morgan fingerprint density at radius 2 is 1.75 bits per heavy atom. The number of aliphatic hydroxyl groups is 4. The van der Waals surface area contributed by atoms with Crippen LogP contribution in [-0.2, 0) is 4.84 Å². The topological polar surface area (TPSA) is 116 Å². The van der Waals surface area contributed by atoms with E-state index < -0.39 is 31.0 Å². The zero-order valence-corrected chi connectivity index (χ0v) is 6.79. The van der Waals surface area contributed by atoms with E-state index in [9.17, 15) is 0 Å². The molecule has 0 radical (unpaired) electrons. The van der Waals surface area contributed by atoms with Gasteiger partial charge in [0.05, 0.1) is 6.61 Å². The van der Waals surface area contributed by atoms with Crippen LogP contribution in [0.1, 0.15) is 6.92 Å². The molecule has 0 aromatic rings. The van der Waals surface area contributed by atoms with Crippen molar-refractivity contribution in [1.29, 1.82) is 0 Å². The van der Waals surface area contributed by atoms with Crippen molar-refractivity contribution in [1.82, 2.24) is 0 Å². The van der Waals surface area contributed by atoms with E-state index in [0.717, 1.165) is 0 Å². The summed E-state index contributed by atoms with van der Waals surface area (Å²) in [5.74, 6) is 4.74. The van der Waals surface area contributed by atoms with Crippen LogP contribution in [0.15, 0.2) is 0 Å². The van der Waals surface area contributed by atoms with Gasteiger partial charge in [0.1, 0.15) is 24.4 Å². The largest absolute Gasteiger partial charge is 0.394 e. The standard InChI is InChI=1S/C6H15NO5/c1-3(12-7)5(10)6(11)4(9)2-8/h3-6,8-11H,2,7H2,1H3/t3-,4+,5+,6+/m0/s1. The van der Waals surface area contributed by atoms with Crippen molar-refractivity contribution >= 4 is 0 Å². The fourth-order valence-electron chi connectivity index (χ4n) is 0.694. The summed E-state index contributed by atoms with van der Waals surface area (Å²) >= 11 is 0. The van der Waals surface area contributed by atoms with Crippen molar-refractivity contribution in [3.8, 4) is 0 Å². The first kappa shape index (κ1) is 11.8. The van der Waals surface area contributed by atoms with Gasteiger partial charge in [0.15, 0.2) is 0 Å². The first-order chi connectivity index (χ1) is 5.54. The monoisotopic (exact) mass is 181 g/mol. The van der Waals surface area contributed by atoms with Crippen LogP contribution < -0.4 is 5.90 Å². The molecule has 0 fully saturated rings. The van der Waals surface area contributed by atoms with Crippen molar-refractivity contribution in [2.75, 3.05) is 6.61 Å². The van der Waals surface area contributed by atoms with Gasteiger partial charge in [-0.15, -0.1) is 0 Å². The molecule has 0 heterocycles. The molecule has 0 amide bonds. The van der Waals surface area contributed by atoms with Gasteiger partial charge in [0.25, 0.3) is 0 Å². The highest BCUT2D eigenvalue weighted by atomic mass is 16.6. The molecule has 0 saturated carbocycles. The Balaban J connectivity index is 3.99. The minimum Gasteiger partial charge on any atom is -0.394 e. The van der Waals surface area contributed by atoms with Crippen molar-refractivity contribution in [2.24, 2.45) is 5.90 Å². The Hall–Kier alpha value is -0.240. The summed E-state index contributed by atoms with van der Waals surface area (Å²) in [7, 11) is 0. The maximum Gasteiger partial charge on any atom is 0.111 e. The summed E-state index contributed by atoms with van der Waals surface area (Å²) in [5, 5.41) is 35.6. The lowest BCUT2D eigenvalue weighted by Gasteiger charge is -2.24. The van der Waals surface area contributed by atoms with Crippen LogP contribution in [-0.4, -0.2) is 51.4 Å². The molecule has 0 saturated heterocycles. The van der Waals surface area contributed by atoms with Crippen LogP contribution in [0.3, 0.4) is 0 Å². The Bertz CT molecular complexity index is 109. The van der Waals surface area contributed by atoms with Gasteiger partial charge in [0, 0.05) is 0 Å². The van der Waals surface area contributed by atoms with Gasteiger partial charge in [-0.3, -0.25) is 4.84 Å². The molecule has 0 aliphatic carbocycles. The molecule has 0 bridgehead atoms. The second-order valence-corrected chi connectivity index (χ2v) is 2.57. The Labute approximate surface area is 70.1 Å². The molecule has 0 rings (SSSR count). The van der Waals surface area contributed by atoms with E-state index in [0.29, 0.717) is 0 Å². The minimum atomic E-state index is -1.46. The van der Waals surface area contributed by atoms with E-state index in [1.54, 1.807) is 0 Å². The maximum atomic E-state index is 9.16. The average Bonchev–Trinajstić information content (AvgIpc) is 2.12. The third-order valence-corrected chi connectivity index (χ3v) is 1.63. The molecule has 0 unspecified atom stereocenters. The lowest BCUT2D eigenvalue weighted by atomic mass is 10.0. The fraction of sp³-hybridized carbons (Fsp3) is 1.00. The molecule has 4 atom stereocenters. The third-order valence-electron chi connectivity index (χ3n) is 1.63. The highest BCUT2D eigenvalue weighted by molar-refractivity contribution is 4.78. The first-order valence-corrected chi connectivity index (χ1v) is 3.55. The van der Waals surface area contributed by atoms with Gasteiger partial charge < -0.3 is 20.4 Å². The molecule has 0 aliphatic rings. The molecular formula is C6H15NO5. The summed E-state index contributed by atoms with van der Waals surface area (Å²) in [5.41, 5.74) is 0. The van der Waals surface area contributed by atoms with Gasteiger partial charge in [0.2, 0.25) is 0 Å². The van der Waals surface area contributed by atoms with E-state index in [1.807, 2.05) is 0 Å². The van der Waals surface area contributed by atoms with Crippen molar-refractivity contribution < 1.29 is 25.3 Å². The number of hydrogen-bond acceptors (Lipinski definition) is 6. The van der Waals surface area contributed by atoms with Gasteiger partial charge >= 0.3 is 0 Å². The molecule has 6 nitrogen and oxygen atoms in total. The van der Waals surface area contributed by atoms with Crippen molar-refractivity contribution in [2.45, 2.75) is 31.3 Å². The van der Waals surface area contributed by atoms with Gasteiger partial charge in [-0.25, -0.2) is 5.90 Å². The third kappa shape index (κ3) is 3.02. The molecular weight excluding hydrogens is 166 g/mol. The molecule has 0 aromatic heterocycles. The van der Waals surface area contributed by atoms with E-state index in [1.165, 1.54) is 6.92 Å². The van der Waals surface area contributed by atoms with Gasteiger partial charge in [-0.1, -0.05) is 0 Å². The lowest BCUT2D eigenvalue weighted by molar-refractivity contribution is -0.127. The van der Waals surface area contributed by atoms with Crippen LogP contribution in [0.2, 0.25) is 0 Å². The number of hydrogen-bond donors (Lipinski definition) is 5. The second kappa shape index (κ2) is 5.41. The Morgan fingerprint density at radius 3 is 2.08 bits per heavy atom. The van der Waals surface area contributed by atoms with E-state index in [2.05, 4.69) is 4.84 Å². The summed E-state index contributed by atoms with van der Waals surface area (Å²) in [6.45, 7) is 0.799. The quantitative estimate of drug-likeness (QED) is 0.296. The van der Waals surface area contributed by atoms with Crippen molar-refractivity contribution in [3.05, 3.63) is 0 Å². The van der Waals surface area contributed by atoms with Gasteiger partial charge in [-0.05, 0) is 6.92 Å². The number of nitrogens with two attached hydrogens (primary N) is 1. The Morgan fingerprint density at radius 1 is 1.25 bits per heavy atom. The smallest absolute Gasteiger partial charge is 0.111 e. The second-order valence-electron chi connectivity index (χ2n) is 2.57. The van der Waals surface area contributed by atoms with E-state index in [4.69, 9.17) is 26.3 Å². The molecule has 6 N–H and O–H groups in total. The lowest BCUT2D eigenvalue weighted by Crippen LogP contribution is -2.46. The highest BCUT2D eigenvalue weighted by Crippen LogP contribution is 2.05. The SMILES string of the molecule is C[C@H](ON)[C@@H](O)[C@H](O)[C@H](O)CO. The summed E-state index contributed by atoms with van der Waals surface area (Å²) < 4.78 is 0. The van der Waals surface area contributed by atoms with Crippen LogP contribution in [0.25, 0.3) is 0 Å². The van der Waals surface area contributed by atoms with E-state index >= 15 is 0 Å². The average molecular weight is 181 g/mol. The number of aliphatic hydroxyl groups excluding tert-OH is 4. The molecule has 6 heteroatoms. The molecule has 0 aliphatic heterocycles. The zero-order chi connectivity index (χ0) is 9.72. The zero-order valence-electron chi connectivity index (χ0n) is 6.79. The predicted octanol–water partition coefficient (Wildman–Crippen LogP) is -2.66. The van der Waals surface area contributed by atoms with E-state index in [-0.39, 0.29) is 0 Å². The molecule has 12 heavy (non-hydrogen) atoms. The minimum absolute atomic E-state index is 0.629. The van der Waals surface area contributed by atoms with Gasteiger partial charge in [-0.2, -0.15) is 0 Å². The van der Waals surface area contributed by atoms with Crippen LogP contribution in [0.4, 0.5) is 0 Å². The Kier molecular flexibility index (Phi) is 5.31. The summed E-state index contributed by atoms with van der Waals surface area (Å²) in [6, 6.07) is 0. The number of rotatable bonds is 5. The first-order valence-electron chi connectivity index (χ1n) is 3.55. The maximum absolute atomic E-state index is 9.16. The van der Waals surface area contributed by atoms with Crippen LogP contribution in [0, 0.1) is 0 Å². The van der Waals surface area contributed by atoms with Crippen LogP contribution in [0.5, 0.6) is 0 Å². The normalized spacial score (nSPS) is 21.5. The summed E-state index contributed by atoms with van der Waals surface area (Å²) in [6.07, 6.45) is -4.98. The predicted molar refractivity (Wildman–Crippen MR) is 39.8 cm³/mol. The highest BCUT2D eigenvalue weighted by Gasteiger charge is 2.28. The fourth-order valence-corrected chi connectivity index (χ4v) is 0.694. The van der Waals surface area contributed by atoms with Crippen LogP contribution >= 0.6 is 0 Å². The molecule has 74 valence electrons. The summed E-state index contributed by atoms with van der Waals surface area (Å²) in [4.78, 5) is 4.22. The van der Waals surface area contributed by atoms with Crippen molar-refractivity contribution in [3.63, 3.8) is 0 Å². The molecule has 0 spiro atoms.